The van der Waals surface area contributed by atoms with Crippen LogP contribution in [0.5, 0.6) is 23.0 Å². The van der Waals surface area contributed by atoms with Crippen molar-refractivity contribution < 1.29 is 29.2 Å². The highest BCUT2D eigenvalue weighted by Crippen LogP contribution is 2.31. The van der Waals surface area contributed by atoms with Crippen LogP contribution in [-0.2, 0) is 26.4 Å². The number of methoxy groups -OCH3 is 2. The smallest absolute Gasteiger partial charge is 0.126 e. The van der Waals surface area contributed by atoms with E-state index in [1.165, 1.54) is 0 Å². The molecule has 3 aromatic rings. The van der Waals surface area contributed by atoms with E-state index in [0.29, 0.717) is 36.2 Å². The van der Waals surface area contributed by atoms with Gasteiger partial charge < -0.3 is 29.2 Å². The second-order valence-corrected chi connectivity index (χ2v) is 6.66. The monoisotopic (exact) mass is 410 g/mol. The first-order valence-electron chi connectivity index (χ1n) is 9.55. The van der Waals surface area contributed by atoms with Crippen molar-refractivity contribution in [2.75, 3.05) is 14.2 Å². The van der Waals surface area contributed by atoms with Crippen LogP contribution >= 0.6 is 0 Å². The Morgan fingerprint density at radius 1 is 0.600 bits per heavy atom. The highest BCUT2D eigenvalue weighted by molar-refractivity contribution is 5.46. The van der Waals surface area contributed by atoms with Gasteiger partial charge in [-0.3, -0.25) is 0 Å². The van der Waals surface area contributed by atoms with Crippen LogP contribution < -0.4 is 18.9 Å². The lowest BCUT2D eigenvalue weighted by molar-refractivity contribution is 0.278. The summed E-state index contributed by atoms with van der Waals surface area (Å²) in [5.74, 6) is 2.76. The molecule has 6 nitrogen and oxygen atoms in total. The molecule has 0 aliphatic heterocycles. The Morgan fingerprint density at radius 3 is 1.27 bits per heavy atom. The normalized spacial score (nSPS) is 10.5. The van der Waals surface area contributed by atoms with Crippen molar-refractivity contribution in [3.05, 3.63) is 82.9 Å². The molecule has 6 heteroatoms. The van der Waals surface area contributed by atoms with Gasteiger partial charge >= 0.3 is 0 Å². The van der Waals surface area contributed by atoms with Crippen LogP contribution in [0, 0.1) is 0 Å². The number of hydrogen-bond acceptors (Lipinski definition) is 6. The number of aliphatic hydroxyl groups is 2. The van der Waals surface area contributed by atoms with E-state index < -0.39 is 0 Å². The van der Waals surface area contributed by atoms with Gasteiger partial charge in [0.05, 0.1) is 27.4 Å². The quantitative estimate of drug-likeness (QED) is 0.529. The topological polar surface area (TPSA) is 77.4 Å². The average molecular weight is 410 g/mol. The molecule has 3 aromatic carbocycles. The zero-order chi connectivity index (χ0) is 21.3. The minimum absolute atomic E-state index is 0.000410. The van der Waals surface area contributed by atoms with Gasteiger partial charge in [-0.2, -0.15) is 0 Å². The van der Waals surface area contributed by atoms with Crippen LogP contribution in [0.1, 0.15) is 22.3 Å². The minimum atomic E-state index is 0.000410. The summed E-state index contributed by atoms with van der Waals surface area (Å²) in [6.07, 6.45) is 0. The summed E-state index contributed by atoms with van der Waals surface area (Å²) >= 11 is 0. The zero-order valence-corrected chi connectivity index (χ0v) is 17.1. The molecular formula is C24H26O6. The van der Waals surface area contributed by atoms with Crippen LogP contribution in [0.25, 0.3) is 0 Å². The third-order valence-electron chi connectivity index (χ3n) is 4.68. The van der Waals surface area contributed by atoms with E-state index in [1.54, 1.807) is 14.2 Å². The SMILES string of the molecule is COc1cc(COc2ccc(CO)cc2)c(OC)cc1COc1ccc(CO)cc1. The minimum Gasteiger partial charge on any atom is -0.496 e. The summed E-state index contributed by atoms with van der Waals surface area (Å²) in [5, 5.41) is 18.3. The fraction of sp³-hybridized carbons (Fsp3) is 0.250. The number of aliphatic hydroxyl groups excluding tert-OH is 2. The molecule has 0 saturated carbocycles. The number of benzene rings is 3. The van der Waals surface area contributed by atoms with Crippen molar-refractivity contribution in [2.45, 2.75) is 26.4 Å². The molecule has 0 aromatic heterocycles. The van der Waals surface area contributed by atoms with E-state index in [0.717, 1.165) is 22.3 Å². The Balaban J connectivity index is 1.71. The largest absolute Gasteiger partial charge is 0.496 e. The summed E-state index contributed by atoms with van der Waals surface area (Å²) in [4.78, 5) is 0. The van der Waals surface area contributed by atoms with E-state index in [4.69, 9.17) is 29.2 Å². The second kappa shape index (κ2) is 10.5. The van der Waals surface area contributed by atoms with Gasteiger partial charge in [0.1, 0.15) is 36.2 Å². The van der Waals surface area contributed by atoms with Crippen molar-refractivity contribution in [2.24, 2.45) is 0 Å². The van der Waals surface area contributed by atoms with E-state index in [2.05, 4.69) is 0 Å². The molecule has 0 unspecified atom stereocenters. The van der Waals surface area contributed by atoms with E-state index in [9.17, 15) is 0 Å². The average Bonchev–Trinajstić information content (AvgIpc) is 2.81. The first-order valence-corrected chi connectivity index (χ1v) is 9.55. The summed E-state index contributed by atoms with van der Waals surface area (Å²) in [6, 6.07) is 18.3. The third-order valence-corrected chi connectivity index (χ3v) is 4.68. The fourth-order valence-electron chi connectivity index (χ4n) is 2.95. The van der Waals surface area contributed by atoms with Gasteiger partial charge in [0, 0.05) is 11.1 Å². The Bertz CT molecular complexity index is 856. The molecule has 158 valence electrons. The highest BCUT2D eigenvalue weighted by Gasteiger charge is 2.13. The standard InChI is InChI=1S/C24H26O6/c1-27-23-11-20(16-30-22-9-5-18(14-26)6-10-22)24(28-2)12-19(23)15-29-21-7-3-17(13-25)4-8-21/h3-12,25-26H,13-16H2,1-2H3. The number of rotatable bonds is 10. The maximum Gasteiger partial charge on any atom is 0.126 e. The van der Waals surface area contributed by atoms with E-state index in [-0.39, 0.29) is 13.2 Å². The molecule has 0 aliphatic carbocycles. The summed E-state index contributed by atoms with van der Waals surface area (Å²) in [6.45, 7) is 0.615. The molecule has 0 atom stereocenters. The van der Waals surface area contributed by atoms with Gasteiger partial charge in [-0.25, -0.2) is 0 Å². The van der Waals surface area contributed by atoms with Crippen molar-refractivity contribution in [3.8, 4) is 23.0 Å². The van der Waals surface area contributed by atoms with Crippen LogP contribution in [-0.4, -0.2) is 24.4 Å². The lowest BCUT2D eigenvalue weighted by Gasteiger charge is -2.16. The lowest BCUT2D eigenvalue weighted by atomic mass is 10.1. The first kappa shape index (κ1) is 21.5. The van der Waals surface area contributed by atoms with Crippen LogP contribution in [0.2, 0.25) is 0 Å². The highest BCUT2D eigenvalue weighted by atomic mass is 16.5. The summed E-state index contributed by atoms with van der Waals surface area (Å²) in [5.41, 5.74) is 3.35. The van der Waals surface area contributed by atoms with Crippen molar-refractivity contribution in [1.29, 1.82) is 0 Å². The molecule has 0 spiro atoms. The van der Waals surface area contributed by atoms with Gasteiger partial charge in [-0.15, -0.1) is 0 Å². The van der Waals surface area contributed by atoms with Crippen LogP contribution in [0.4, 0.5) is 0 Å². The number of ether oxygens (including phenoxy) is 4. The van der Waals surface area contributed by atoms with Crippen molar-refractivity contribution in [1.82, 2.24) is 0 Å². The Kier molecular flexibility index (Phi) is 7.54. The molecule has 0 aliphatic rings. The Labute approximate surface area is 176 Å². The molecule has 0 bridgehead atoms. The molecule has 2 N–H and O–H groups in total. The van der Waals surface area contributed by atoms with Crippen LogP contribution in [0.3, 0.4) is 0 Å². The summed E-state index contributed by atoms with van der Waals surface area (Å²) in [7, 11) is 3.22. The molecule has 0 amide bonds. The maximum atomic E-state index is 9.14. The van der Waals surface area contributed by atoms with Gasteiger partial charge in [0.15, 0.2) is 0 Å². The maximum absolute atomic E-state index is 9.14. The van der Waals surface area contributed by atoms with E-state index >= 15 is 0 Å². The molecule has 0 heterocycles. The lowest BCUT2D eigenvalue weighted by Crippen LogP contribution is -2.04. The van der Waals surface area contributed by atoms with Crippen molar-refractivity contribution >= 4 is 0 Å². The van der Waals surface area contributed by atoms with Crippen molar-refractivity contribution in [3.63, 3.8) is 0 Å². The second-order valence-electron chi connectivity index (χ2n) is 6.66. The van der Waals surface area contributed by atoms with Gasteiger partial charge in [-0.1, -0.05) is 24.3 Å². The fourth-order valence-corrected chi connectivity index (χ4v) is 2.95. The first-order chi connectivity index (χ1) is 14.7. The molecule has 0 saturated heterocycles. The van der Waals surface area contributed by atoms with Gasteiger partial charge in [0.25, 0.3) is 0 Å². The molecule has 30 heavy (non-hydrogen) atoms. The molecular weight excluding hydrogens is 384 g/mol. The zero-order valence-electron chi connectivity index (χ0n) is 17.1. The molecule has 0 fully saturated rings. The summed E-state index contributed by atoms with van der Waals surface area (Å²) < 4.78 is 22.8. The molecule has 0 radical (unpaired) electrons. The van der Waals surface area contributed by atoms with Gasteiger partial charge in [-0.05, 0) is 47.5 Å². The predicted molar refractivity (Wildman–Crippen MR) is 113 cm³/mol. The van der Waals surface area contributed by atoms with Gasteiger partial charge in [0.2, 0.25) is 0 Å². The van der Waals surface area contributed by atoms with E-state index in [1.807, 2.05) is 60.7 Å². The Hall–Kier alpha value is -3.22. The predicted octanol–water partition coefficient (Wildman–Crippen LogP) is 3.85. The van der Waals surface area contributed by atoms with Crippen LogP contribution in [0.15, 0.2) is 60.7 Å². The number of hydrogen-bond donors (Lipinski definition) is 2. The molecule has 3 rings (SSSR count). The Morgan fingerprint density at radius 2 is 0.967 bits per heavy atom. The third kappa shape index (κ3) is 5.43.